The molecule has 0 saturated carbocycles. The van der Waals surface area contributed by atoms with E-state index >= 15 is 0 Å². The molecule has 0 bridgehead atoms. The van der Waals surface area contributed by atoms with Crippen molar-refractivity contribution in [3.05, 3.63) is 23.8 Å². The van der Waals surface area contributed by atoms with Crippen LogP contribution < -0.4 is 9.47 Å². The Kier molecular flexibility index (Phi) is 6.09. The lowest BCUT2D eigenvalue weighted by Gasteiger charge is -2.11. The molecule has 2 nitrogen and oxygen atoms in total. The van der Waals surface area contributed by atoms with Crippen LogP contribution in [0.4, 0.5) is 0 Å². The van der Waals surface area contributed by atoms with Gasteiger partial charge in [-0.2, -0.15) is 0 Å². The summed E-state index contributed by atoms with van der Waals surface area (Å²) in [6.45, 7) is 2.80. The van der Waals surface area contributed by atoms with E-state index in [0.29, 0.717) is 12.5 Å². The third-order valence-corrected chi connectivity index (χ3v) is 2.57. The highest BCUT2D eigenvalue weighted by molar-refractivity contribution is 6.17. The van der Waals surface area contributed by atoms with Crippen molar-refractivity contribution in [2.75, 3.05) is 19.6 Å². The third-order valence-electron chi connectivity index (χ3n) is 2.30. The number of methoxy groups -OCH3 is 1. The van der Waals surface area contributed by atoms with Crippen LogP contribution in [0.15, 0.2) is 18.2 Å². The predicted octanol–water partition coefficient (Wildman–Crippen LogP) is 3.66. The first-order valence-corrected chi connectivity index (χ1v) is 6.21. The van der Waals surface area contributed by atoms with Gasteiger partial charge in [0, 0.05) is 5.88 Å². The Bertz CT molecular complexity index is 313. The summed E-state index contributed by atoms with van der Waals surface area (Å²) < 4.78 is 10.9. The quantitative estimate of drug-likeness (QED) is 0.537. The molecule has 90 valence electrons. The van der Waals surface area contributed by atoms with Crippen molar-refractivity contribution >= 4 is 11.6 Å². The first-order chi connectivity index (χ1) is 7.81. The Hall–Kier alpha value is -0.890. The highest BCUT2D eigenvalue weighted by atomic mass is 35.5. The molecule has 0 heterocycles. The molecule has 0 aliphatic rings. The number of hydrogen-bond donors (Lipinski definition) is 0. The normalized spacial score (nSPS) is 10.2. The average Bonchev–Trinajstić information content (AvgIpc) is 2.31. The minimum atomic E-state index is 0.621. The molecule has 0 aromatic heterocycles. The lowest BCUT2D eigenvalue weighted by atomic mass is 10.1. The van der Waals surface area contributed by atoms with E-state index in [9.17, 15) is 0 Å². The SMILES string of the molecule is CCCc1ccc(OCCCCl)c(OC)c1. The summed E-state index contributed by atoms with van der Waals surface area (Å²) in [6.07, 6.45) is 3.05. The van der Waals surface area contributed by atoms with E-state index in [2.05, 4.69) is 13.0 Å². The predicted molar refractivity (Wildman–Crippen MR) is 67.8 cm³/mol. The van der Waals surface area contributed by atoms with Crippen LogP contribution >= 0.6 is 11.6 Å². The van der Waals surface area contributed by atoms with Crippen LogP contribution in [0.2, 0.25) is 0 Å². The Balaban J connectivity index is 2.68. The lowest BCUT2D eigenvalue weighted by molar-refractivity contribution is 0.295. The minimum absolute atomic E-state index is 0.621. The molecule has 0 saturated heterocycles. The zero-order chi connectivity index (χ0) is 11.8. The number of hydrogen-bond acceptors (Lipinski definition) is 2. The van der Waals surface area contributed by atoms with Crippen molar-refractivity contribution in [3.63, 3.8) is 0 Å². The topological polar surface area (TPSA) is 18.5 Å². The van der Waals surface area contributed by atoms with Gasteiger partial charge in [0.2, 0.25) is 0 Å². The number of alkyl halides is 1. The van der Waals surface area contributed by atoms with Crippen LogP contribution in [0.1, 0.15) is 25.3 Å². The largest absolute Gasteiger partial charge is 0.493 e. The van der Waals surface area contributed by atoms with E-state index in [1.165, 1.54) is 5.56 Å². The van der Waals surface area contributed by atoms with Gasteiger partial charge in [-0.1, -0.05) is 19.4 Å². The third kappa shape index (κ3) is 3.93. The van der Waals surface area contributed by atoms with E-state index in [1.54, 1.807) is 7.11 Å². The minimum Gasteiger partial charge on any atom is -0.493 e. The highest BCUT2D eigenvalue weighted by Gasteiger charge is 2.05. The fraction of sp³-hybridized carbons (Fsp3) is 0.538. The number of ether oxygens (including phenoxy) is 2. The molecule has 0 amide bonds. The van der Waals surface area contributed by atoms with Gasteiger partial charge in [0.25, 0.3) is 0 Å². The highest BCUT2D eigenvalue weighted by Crippen LogP contribution is 2.28. The molecule has 0 radical (unpaired) electrons. The van der Waals surface area contributed by atoms with Crippen LogP contribution in [-0.2, 0) is 6.42 Å². The summed E-state index contributed by atoms with van der Waals surface area (Å²) >= 11 is 5.60. The van der Waals surface area contributed by atoms with Crippen LogP contribution in [0.5, 0.6) is 11.5 Å². The van der Waals surface area contributed by atoms with Gasteiger partial charge in [-0.3, -0.25) is 0 Å². The summed E-state index contributed by atoms with van der Waals surface area (Å²) in [6, 6.07) is 6.10. The number of aryl methyl sites for hydroxylation is 1. The first-order valence-electron chi connectivity index (χ1n) is 5.67. The standard InChI is InChI=1S/C13H19ClO2/c1-3-5-11-6-7-12(13(10-11)15-2)16-9-4-8-14/h6-7,10H,3-5,8-9H2,1-2H3. The van der Waals surface area contributed by atoms with Gasteiger partial charge in [0.1, 0.15) is 0 Å². The van der Waals surface area contributed by atoms with E-state index in [-0.39, 0.29) is 0 Å². The molecular formula is C13H19ClO2. The van der Waals surface area contributed by atoms with Gasteiger partial charge in [-0.15, -0.1) is 11.6 Å². The average molecular weight is 243 g/mol. The molecule has 0 atom stereocenters. The zero-order valence-electron chi connectivity index (χ0n) is 9.96. The maximum Gasteiger partial charge on any atom is 0.161 e. The summed E-state index contributed by atoms with van der Waals surface area (Å²) in [4.78, 5) is 0. The van der Waals surface area contributed by atoms with Gasteiger partial charge < -0.3 is 9.47 Å². The van der Waals surface area contributed by atoms with E-state index in [1.807, 2.05) is 12.1 Å². The molecular weight excluding hydrogens is 224 g/mol. The molecule has 0 spiro atoms. The Morgan fingerprint density at radius 1 is 1.25 bits per heavy atom. The molecule has 1 aromatic carbocycles. The Morgan fingerprint density at radius 2 is 2.06 bits per heavy atom. The van der Waals surface area contributed by atoms with Crippen LogP contribution in [0.25, 0.3) is 0 Å². The van der Waals surface area contributed by atoms with Gasteiger partial charge in [0.05, 0.1) is 13.7 Å². The van der Waals surface area contributed by atoms with Crippen molar-refractivity contribution in [2.45, 2.75) is 26.2 Å². The van der Waals surface area contributed by atoms with Crippen molar-refractivity contribution < 1.29 is 9.47 Å². The maximum absolute atomic E-state index is 5.60. The maximum atomic E-state index is 5.60. The Morgan fingerprint density at radius 3 is 2.69 bits per heavy atom. The van der Waals surface area contributed by atoms with Crippen LogP contribution in [-0.4, -0.2) is 19.6 Å². The molecule has 1 rings (SSSR count). The Labute approximate surface area is 103 Å². The van der Waals surface area contributed by atoms with Crippen molar-refractivity contribution in [3.8, 4) is 11.5 Å². The van der Waals surface area contributed by atoms with E-state index in [0.717, 1.165) is 30.8 Å². The van der Waals surface area contributed by atoms with E-state index in [4.69, 9.17) is 21.1 Å². The first kappa shape index (κ1) is 13.2. The molecule has 0 fully saturated rings. The number of rotatable bonds is 7. The lowest BCUT2D eigenvalue weighted by Crippen LogP contribution is -2.00. The second-order valence-corrected chi connectivity index (χ2v) is 4.00. The molecule has 16 heavy (non-hydrogen) atoms. The molecule has 0 aliphatic heterocycles. The monoisotopic (exact) mass is 242 g/mol. The molecule has 3 heteroatoms. The second-order valence-electron chi connectivity index (χ2n) is 3.63. The zero-order valence-corrected chi connectivity index (χ0v) is 10.7. The van der Waals surface area contributed by atoms with Gasteiger partial charge in [-0.25, -0.2) is 0 Å². The molecule has 0 aliphatic carbocycles. The second kappa shape index (κ2) is 7.39. The van der Waals surface area contributed by atoms with Gasteiger partial charge in [0.15, 0.2) is 11.5 Å². The molecule has 0 unspecified atom stereocenters. The summed E-state index contributed by atoms with van der Waals surface area (Å²) in [7, 11) is 1.67. The van der Waals surface area contributed by atoms with E-state index < -0.39 is 0 Å². The fourth-order valence-corrected chi connectivity index (χ4v) is 1.62. The van der Waals surface area contributed by atoms with Crippen molar-refractivity contribution in [2.24, 2.45) is 0 Å². The van der Waals surface area contributed by atoms with Gasteiger partial charge in [-0.05, 0) is 30.5 Å². The fourth-order valence-electron chi connectivity index (χ4n) is 1.51. The van der Waals surface area contributed by atoms with Crippen LogP contribution in [0.3, 0.4) is 0 Å². The van der Waals surface area contributed by atoms with Crippen molar-refractivity contribution in [1.29, 1.82) is 0 Å². The summed E-state index contributed by atoms with van der Waals surface area (Å²) in [5.41, 5.74) is 1.28. The number of halogens is 1. The summed E-state index contributed by atoms with van der Waals surface area (Å²) in [5.74, 6) is 2.23. The van der Waals surface area contributed by atoms with Gasteiger partial charge >= 0.3 is 0 Å². The molecule has 0 N–H and O–H groups in total. The van der Waals surface area contributed by atoms with Crippen molar-refractivity contribution in [1.82, 2.24) is 0 Å². The smallest absolute Gasteiger partial charge is 0.161 e. The number of benzene rings is 1. The molecule has 1 aromatic rings. The summed E-state index contributed by atoms with van der Waals surface area (Å²) in [5, 5.41) is 0. The van der Waals surface area contributed by atoms with Crippen LogP contribution in [0, 0.1) is 0 Å².